The summed E-state index contributed by atoms with van der Waals surface area (Å²) in [5.41, 5.74) is 0. The highest BCUT2D eigenvalue weighted by Crippen LogP contribution is 1.94. The number of rotatable bonds is 13. The van der Waals surface area contributed by atoms with Crippen molar-refractivity contribution in [3.8, 4) is 0 Å². The van der Waals surface area contributed by atoms with Crippen molar-refractivity contribution in [1.29, 1.82) is 0 Å². The number of aliphatic hydroxyl groups is 2. The average Bonchev–Trinajstić information content (AvgIpc) is 2.50. The first-order valence-electron chi connectivity index (χ1n) is 7.23. The van der Waals surface area contributed by atoms with Crippen molar-refractivity contribution >= 4 is 36.5 Å². The molecule has 0 spiro atoms. The van der Waals surface area contributed by atoms with Gasteiger partial charge in [0.25, 0.3) is 0 Å². The lowest BCUT2D eigenvalue weighted by molar-refractivity contribution is -0.145. The van der Waals surface area contributed by atoms with Crippen molar-refractivity contribution in [1.82, 2.24) is 9.80 Å². The number of hydrogen-bond donors (Lipinski definition) is 7. The summed E-state index contributed by atoms with van der Waals surface area (Å²) in [6.07, 6.45) is -0.645. The summed E-state index contributed by atoms with van der Waals surface area (Å²) >= 11 is 3.69. The third kappa shape index (κ3) is 18.4. The van der Waals surface area contributed by atoms with E-state index in [-0.39, 0.29) is 19.7 Å². The maximum atomic E-state index is 10.6. The first-order chi connectivity index (χ1) is 12.0. The van der Waals surface area contributed by atoms with E-state index in [1.165, 1.54) is 0 Å². The summed E-state index contributed by atoms with van der Waals surface area (Å²) in [6, 6.07) is 0. The van der Waals surface area contributed by atoms with Gasteiger partial charge in [-0.05, 0) is 0 Å². The first kappa shape index (κ1) is 26.3. The van der Waals surface area contributed by atoms with Crippen LogP contribution in [0.3, 0.4) is 0 Å². The maximum Gasteiger partial charge on any atom is 0.317 e. The van der Waals surface area contributed by atoms with Crippen molar-refractivity contribution in [3.05, 3.63) is 0 Å². The summed E-state index contributed by atoms with van der Waals surface area (Å²) in [4.78, 5) is 44.4. The molecule has 0 rings (SSSR count). The number of carboxylic acids is 4. The standard InChI is InChI=1S/C10H16N2O8.C3H8O2S/c13-7(14)3-11(4-8(15)16)1-2-12(5-9(17)18)6-10(19)20;4-1-3(5)2-6/h1-6H2,(H,13,14)(H,15,16)(H,17,18)(H,19,20);3-6H,1-2H2. The van der Waals surface area contributed by atoms with E-state index in [0.29, 0.717) is 5.75 Å². The highest BCUT2D eigenvalue weighted by Gasteiger charge is 2.17. The Morgan fingerprint density at radius 3 is 1.12 bits per heavy atom. The molecule has 152 valence electrons. The van der Waals surface area contributed by atoms with E-state index in [9.17, 15) is 19.2 Å². The summed E-state index contributed by atoms with van der Waals surface area (Å²) in [6.45, 7) is -2.44. The van der Waals surface area contributed by atoms with E-state index in [2.05, 4.69) is 12.6 Å². The zero-order chi connectivity index (χ0) is 20.7. The van der Waals surface area contributed by atoms with E-state index in [1.807, 2.05) is 0 Å². The number of carboxylic acid groups (broad SMARTS) is 4. The van der Waals surface area contributed by atoms with Crippen LogP contribution in [0.5, 0.6) is 0 Å². The normalized spacial score (nSPS) is 11.6. The second kappa shape index (κ2) is 15.3. The Labute approximate surface area is 154 Å². The Morgan fingerprint density at radius 1 is 0.731 bits per heavy atom. The van der Waals surface area contributed by atoms with E-state index >= 15 is 0 Å². The average molecular weight is 400 g/mol. The Hall–Kier alpha value is -1.93. The molecule has 0 radical (unpaired) electrons. The maximum absolute atomic E-state index is 10.6. The van der Waals surface area contributed by atoms with Gasteiger partial charge in [0.1, 0.15) is 0 Å². The van der Waals surface area contributed by atoms with Crippen LogP contribution in [-0.2, 0) is 19.2 Å². The Balaban J connectivity index is 0. The summed E-state index contributed by atoms with van der Waals surface area (Å²) in [5.74, 6) is -4.58. The lowest BCUT2D eigenvalue weighted by Crippen LogP contribution is -2.43. The largest absolute Gasteiger partial charge is 0.480 e. The molecule has 0 saturated carbocycles. The van der Waals surface area contributed by atoms with Gasteiger partial charge >= 0.3 is 23.9 Å². The summed E-state index contributed by atoms with van der Waals surface area (Å²) in [7, 11) is 0. The topological polar surface area (TPSA) is 196 Å². The van der Waals surface area contributed by atoms with Gasteiger partial charge in [0.15, 0.2) is 0 Å². The minimum Gasteiger partial charge on any atom is -0.480 e. The van der Waals surface area contributed by atoms with Crippen molar-refractivity contribution in [3.63, 3.8) is 0 Å². The second-order valence-corrected chi connectivity index (χ2v) is 5.38. The van der Waals surface area contributed by atoms with Crippen molar-refractivity contribution in [2.45, 2.75) is 6.10 Å². The molecule has 0 aromatic carbocycles. The van der Waals surface area contributed by atoms with Crippen molar-refractivity contribution in [2.24, 2.45) is 0 Å². The summed E-state index contributed by atoms with van der Waals surface area (Å²) in [5, 5.41) is 50.8. The van der Waals surface area contributed by atoms with Crippen molar-refractivity contribution in [2.75, 3.05) is 51.6 Å². The van der Waals surface area contributed by atoms with Gasteiger partial charge in [0, 0.05) is 18.8 Å². The molecule has 6 N–H and O–H groups in total. The minimum atomic E-state index is -1.23. The van der Waals surface area contributed by atoms with Crippen LogP contribution in [0.15, 0.2) is 0 Å². The molecule has 12 nitrogen and oxygen atoms in total. The molecule has 0 aliphatic carbocycles. The lowest BCUT2D eigenvalue weighted by Gasteiger charge is -2.23. The van der Waals surface area contributed by atoms with Gasteiger partial charge in [0.05, 0.1) is 38.9 Å². The Kier molecular flexibility index (Phi) is 15.5. The van der Waals surface area contributed by atoms with E-state index < -0.39 is 56.2 Å². The molecule has 0 amide bonds. The number of aliphatic hydroxyl groups excluding tert-OH is 2. The second-order valence-electron chi connectivity index (χ2n) is 5.02. The number of aliphatic carboxylic acids is 4. The lowest BCUT2D eigenvalue weighted by atomic mass is 10.4. The zero-order valence-corrected chi connectivity index (χ0v) is 14.8. The fourth-order valence-electron chi connectivity index (χ4n) is 1.53. The molecule has 26 heavy (non-hydrogen) atoms. The van der Waals surface area contributed by atoms with Crippen molar-refractivity contribution < 1.29 is 49.8 Å². The Morgan fingerprint density at radius 2 is 1.00 bits per heavy atom. The molecule has 0 aliphatic heterocycles. The monoisotopic (exact) mass is 400 g/mol. The fourth-order valence-corrected chi connectivity index (χ4v) is 1.65. The molecule has 0 heterocycles. The minimum absolute atomic E-state index is 0.0703. The van der Waals surface area contributed by atoms with Gasteiger partial charge in [-0.15, -0.1) is 0 Å². The Bertz CT molecular complexity index is 390. The molecule has 1 unspecified atom stereocenters. The van der Waals surface area contributed by atoms with E-state index in [0.717, 1.165) is 9.80 Å². The van der Waals surface area contributed by atoms with Gasteiger partial charge in [-0.1, -0.05) is 0 Å². The molecule has 0 aromatic heterocycles. The number of hydrogen-bond acceptors (Lipinski definition) is 9. The van der Waals surface area contributed by atoms with Crippen LogP contribution < -0.4 is 0 Å². The predicted octanol–water partition coefficient (Wildman–Crippen LogP) is -2.80. The van der Waals surface area contributed by atoms with E-state index in [4.69, 9.17) is 30.6 Å². The van der Waals surface area contributed by atoms with Crippen LogP contribution >= 0.6 is 12.6 Å². The third-order valence-corrected chi connectivity index (χ3v) is 3.01. The highest BCUT2D eigenvalue weighted by molar-refractivity contribution is 7.80. The first-order valence-corrected chi connectivity index (χ1v) is 7.86. The molecule has 1 atom stereocenters. The quantitative estimate of drug-likeness (QED) is 0.157. The number of thiol groups is 1. The third-order valence-electron chi connectivity index (χ3n) is 2.59. The molecule has 0 aliphatic rings. The van der Waals surface area contributed by atoms with Gasteiger partial charge < -0.3 is 30.6 Å². The molecule has 0 fully saturated rings. The smallest absolute Gasteiger partial charge is 0.317 e. The van der Waals surface area contributed by atoms with Gasteiger partial charge in [-0.3, -0.25) is 29.0 Å². The van der Waals surface area contributed by atoms with Crippen LogP contribution in [0, 0.1) is 0 Å². The fraction of sp³-hybridized carbons (Fsp3) is 0.692. The van der Waals surface area contributed by atoms with Gasteiger partial charge in [0.2, 0.25) is 0 Å². The molecule has 0 saturated heterocycles. The van der Waals surface area contributed by atoms with Gasteiger partial charge in [-0.2, -0.15) is 12.6 Å². The summed E-state index contributed by atoms with van der Waals surface area (Å²) < 4.78 is 0. The van der Waals surface area contributed by atoms with E-state index in [1.54, 1.807) is 0 Å². The van der Waals surface area contributed by atoms with Crippen LogP contribution in [0.2, 0.25) is 0 Å². The molecule has 0 aromatic rings. The molecule has 0 bridgehead atoms. The SMILES string of the molecule is O=C(O)CN(CCN(CC(=O)O)CC(=O)O)CC(=O)O.OCC(O)CS. The zero-order valence-electron chi connectivity index (χ0n) is 13.9. The number of nitrogens with zero attached hydrogens (tertiary/aromatic N) is 2. The van der Waals surface area contributed by atoms with Crippen LogP contribution in [0.25, 0.3) is 0 Å². The predicted molar refractivity (Wildman–Crippen MR) is 90.4 cm³/mol. The van der Waals surface area contributed by atoms with Gasteiger partial charge in [-0.25, -0.2) is 0 Å². The molecular weight excluding hydrogens is 376 g/mol. The van der Waals surface area contributed by atoms with Crippen LogP contribution in [0.4, 0.5) is 0 Å². The number of carbonyl (C=O) groups is 4. The van der Waals surface area contributed by atoms with Crippen LogP contribution in [0.1, 0.15) is 0 Å². The highest BCUT2D eigenvalue weighted by atomic mass is 32.1. The molecule has 13 heteroatoms. The van der Waals surface area contributed by atoms with Crippen LogP contribution in [-0.4, -0.2) is 122 Å². The molecular formula is C13H24N2O10S.